The molecule has 0 aromatic rings. The Balaban J connectivity index is 2.56. The van der Waals surface area contributed by atoms with Crippen molar-refractivity contribution >= 4 is 16.0 Å². The number of carbonyl (C=O) groups is 1. The maximum Gasteiger partial charge on any atom is 0.317 e. The molecule has 0 aromatic heterocycles. The summed E-state index contributed by atoms with van der Waals surface area (Å²) in [7, 11) is -3.14. The van der Waals surface area contributed by atoms with Gasteiger partial charge in [-0.25, -0.2) is 12.7 Å². The molecule has 0 unspecified atom stereocenters. The number of carboxylic acid groups (broad SMARTS) is 1. The molecule has 1 aliphatic heterocycles. The molecule has 16 heavy (non-hydrogen) atoms. The van der Waals surface area contributed by atoms with Gasteiger partial charge in [-0.15, -0.1) is 0 Å². The molecule has 0 aliphatic carbocycles. The second-order valence-corrected chi connectivity index (χ2v) is 6.08. The van der Waals surface area contributed by atoms with Crippen molar-refractivity contribution in [2.24, 2.45) is 0 Å². The van der Waals surface area contributed by atoms with Gasteiger partial charge in [0, 0.05) is 26.2 Å². The molecule has 0 radical (unpaired) electrons. The molecule has 1 saturated heterocycles. The van der Waals surface area contributed by atoms with Gasteiger partial charge < -0.3 is 5.11 Å². The van der Waals surface area contributed by atoms with Crippen LogP contribution in [0.1, 0.15) is 13.3 Å². The highest BCUT2D eigenvalue weighted by Gasteiger charge is 2.23. The fourth-order valence-corrected chi connectivity index (χ4v) is 2.89. The molecule has 94 valence electrons. The lowest BCUT2D eigenvalue weighted by Gasteiger charge is -2.19. The first-order valence-corrected chi connectivity index (χ1v) is 6.98. The van der Waals surface area contributed by atoms with Crippen molar-refractivity contribution < 1.29 is 18.3 Å². The number of hydrogen-bond donors (Lipinski definition) is 1. The number of carboxylic acids is 1. The van der Waals surface area contributed by atoms with Crippen LogP contribution >= 0.6 is 0 Å². The zero-order valence-corrected chi connectivity index (χ0v) is 10.2. The van der Waals surface area contributed by atoms with Crippen LogP contribution in [0, 0.1) is 0 Å². The van der Waals surface area contributed by atoms with Gasteiger partial charge in [0.2, 0.25) is 10.0 Å². The number of hydrogen-bond acceptors (Lipinski definition) is 4. The molecule has 0 aromatic carbocycles. The molecule has 1 fully saturated rings. The molecule has 0 atom stereocenters. The highest BCUT2D eigenvalue weighted by atomic mass is 32.2. The van der Waals surface area contributed by atoms with Crippen LogP contribution in [0.4, 0.5) is 0 Å². The van der Waals surface area contributed by atoms with Gasteiger partial charge in [0.25, 0.3) is 0 Å². The van der Waals surface area contributed by atoms with E-state index in [1.165, 1.54) is 4.31 Å². The van der Waals surface area contributed by atoms with Gasteiger partial charge in [0.05, 0.1) is 12.3 Å². The maximum atomic E-state index is 11.6. The molecule has 0 spiro atoms. The molecular weight excluding hydrogens is 232 g/mol. The smallest absolute Gasteiger partial charge is 0.317 e. The third kappa shape index (κ3) is 3.73. The quantitative estimate of drug-likeness (QED) is 0.723. The van der Waals surface area contributed by atoms with E-state index >= 15 is 0 Å². The lowest BCUT2D eigenvalue weighted by atomic mass is 10.4. The van der Waals surface area contributed by atoms with E-state index in [4.69, 9.17) is 5.11 Å². The minimum Gasteiger partial charge on any atom is -0.480 e. The minimum absolute atomic E-state index is 0.0139. The summed E-state index contributed by atoms with van der Waals surface area (Å²) in [5, 5.41) is 8.66. The standard InChI is InChI=1S/C9H18N2O4S/c1-2-16(14,15)11-5-3-4-10(6-7-11)8-9(12)13/h2-8H2,1H3,(H,12,13). The molecule has 7 heteroatoms. The second-order valence-electron chi connectivity index (χ2n) is 3.82. The van der Waals surface area contributed by atoms with Crippen LogP contribution in [0.2, 0.25) is 0 Å². The summed E-state index contributed by atoms with van der Waals surface area (Å²) in [6.07, 6.45) is 0.687. The summed E-state index contributed by atoms with van der Waals surface area (Å²) in [5.41, 5.74) is 0. The van der Waals surface area contributed by atoms with Gasteiger partial charge in [-0.05, 0) is 13.3 Å². The Morgan fingerprint density at radius 3 is 2.50 bits per heavy atom. The molecular formula is C9H18N2O4S. The topological polar surface area (TPSA) is 77.9 Å². The highest BCUT2D eigenvalue weighted by Crippen LogP contribution is 2.08. The predicted octanol–water partition coefficient (Wildman–Crippen LogP) is -0.572. The molecule has 1 heterocycles. The van der Waals surface area contributed by atoms with Crippen molar-refractivity contribution in [1.82, 2.24) is 9.21 Å². The Bertz CT molecular complexity index is 341. The summed E-state index contributed by atoms with van der Waals surface area (Å²) in [5.74, 6) is -0.766. The molecule has 6 nitrogen and oxygen atoms in total. The van der Waals surface area contributed by atoms with E-state index in [0.717, 1.165) is 0 Å². The first-order valence-electron chi connectivity index (χ1n) is 5.37. The fourth-order valence-electron chi connectivity index (χ4n) is 1.76. The summed E-state index contributed by atoms with van der Waals surface area (Å²) in [4.78, 5) is 12.3. The van der Waals surface area contributed by atoms with Crippen molar-refractivity contribution in [3.05, 3.63) is 0 Å². The predicted molar refractivity (Wildman–Crippen MR) is 59.7 cm³/mol. The van der Waals surface area contributed by atoms with E-state index in [-0.39, 0.29) is 12.3 Å². The van der Waals surface area contributed by atoms with Gasteiger partial charge >= 0.3 is 5.97 Å². The Morgan fingerprint density at radius 2 is 1.94 bits per heavy atom. The third-order valence-electron chi connectivity index (χ3n) is 2.66. The molecule has 1 N–H and O–H groups in total. The van der Waals surface area contributed by atoms with Crippen molar-refractivity contribution in [3.8, 4) is 0 Å². The van der Waals surface area contributed by atoms with Crippen LogP contribution in [0.15, 0.2) is 0 Å². The second kappa shape index (κ2) is 5.60. The van der Waals surface area contributed by atoms with Crippen LogP contribution in [0.25, 0.3) is 0 Å². The van der Waals surface area contributed by atoms with E-state index in [1.54, 1.807) is 11.8 Å². The Labute approximate surface area is 95.9 Å². The molecule has 1 rings (SSSR count). The Hall–Kier alpha value is -0.660. The van der Waals surface area contributed by atoms with Gasteiger partial charge in [-0.2, -0.15) is 0 Å². The lowest BCUT2D eigenvalue weighted by molar-refractivity contribution is -0.138. The largest absolute Gasteiger partial charge is 0.480 e. The third-order valence-corrected chi connectivity index (χ3v) is 4.55. The highest BCUT2D eigenvalue weighted by molar-refractivity contribution is 7.89. The molecule has 0 amide bonds. The molecule has 0 saturated carbocycles. The van der Waals surface area contributed by atoms with Crippen LogP contribution in [-0.2, 0) is 14.8 Å². The Morgan fingerprint density at radius 1 is 1.25 bits per heavy atom. The van der Waals surface area contributed by atoms with Gasteiger partial charge in [0.15, 0.2) is 0 Å². The van der Waals surface area contributed by atoms with Crippen molar-refractivity contribution in [1.29, 1.82) is 0 Å². The van der Waals surface area contributed by atoms with Gasteiger partial charge in [-0.1, -0.05) is 0 Å². The van der Waals surface area contributed by atoms with E-state index in [0.29, 0.717) is 32.6 Å². The van der Waals surface area contributed by atoms with Crippen molar-refractivity contribution in [3.63, 3.8) is 0 Å². The summed E-state index contributed by atoms with van der Waals surface area (Å²) < 4.78 is 24.7. The van der Waals surface area contributed by atoms with Crippen molar-refractivity contribution in [2.75, 3.05) is 38.5 Å². The van der Waals surface area contributed by atoms with Crippen LogP contribution < -0.4 is 0 Å². The number of aliphatic carboxylic acids is 1. The molecule has 1 aliphatic rings. The van der Waals surface area contributed by atoms with Crippen LogP contribution in [0.5, 0.6) is 0 Å². The SMILES string of the molecule is CCS(=O)(=O)N1CCCN(CC(=O)O)CC1. The first-order chi connectivity index (χ1) is 7.45. The summed E-state index contributed by atoms with van der Waals surface area (Å²) in [6, 6.07) is 0. The van der Waals surface area contributed by atoms with E-state index in [1.807, 2.05) is 0 Å². The van der Waals surface area contributed by atoms with Gasteiger partial charge in [0.1, 0.15) is 0 Å². The monoisotopic (exact) mass is 250 g/mol. The van der Waals surface area contributed by atoms with Crippen molar-refractivity contribution in [2.45, 2.75) is 13.3 Å². The average molecular weight is 250 g/mol. The fraction of sp³-hybridized carbons (Fsp3) is 0.889. The maximum absolute atomic E-state index is 11.6. The van der Waals surface area contributed by atoms with E-state index in [2.05, 4.69) is 0 Å². The zero-order chi connectivity index (χ0) is 12.2. The number of sulfonamides is 1. The van der Waals surface area contributed by atoms with Crippen LogP contribution in [-0.4, -0.2) is 67.2 Å². The van der Waals surface area contributed by atoms with Crippen LogP contribution in [0.3, 0.4) is 0 Å². The number of rotatable bonds is 4. The zero-order valence-electron chi connectivity index (χ0n) is 9.42. The lowest BCUT2D eigenvalue weighted by Crippen LogP contribution is -2.37. The average Bonchev–Trinajstić information content (AvgIpc) is 2.43. The number of nitrogens with zero attached hydrogens (tertiary/aromatic N) is 2. The Kier molecular flexibility index (Phi) is 4.69. The van der Waals surface area contributed by atoms with E-state index in [9.17, 15) is 13.2 Å². The minimum atomic E-state index is -3.14. The normalized spacial score (nSPS) is 20.6. The van der Waals surface area contributed by atoms with Gasteiger partial charge in [-0.3, -0.25) is 9.69 Å². The first kappa shape index (κ1) is 13.4. The molecule has 0 bridgehead atoms. The van der Waals surface area contributed by atoms with E-state index < -0.39 is 16.0 Å². The summed E-state index contributed by atoms with van der Waals surface area (Å²) >= 11 is 0. The summed E-state index contributed by atoms with van der Waals surface area (Å²) in [6.45, 7) is 3.62.